The summed E-state index contributed by atoms with van der Waals surface area (Å²) in [7, 11) is 5.14. The zero-order chi connectivity index (χ0) is 24.2. The van der Waals surface area contributed by atoms with Crippen LogP contribution in [-0.2, 0) is 23.2 Å². The van der Waals surface area contributed by atoms with Crippen molar-refractivity contribution in [1.29, 1.82) is 0 Å². The lowest BCUT2D eigenvalue weighted by Gasteiger charge is -2.28. The number of aryl methyl sites for hydroxylation is 1. The van der Waals surface area contributed by atoms with Crippen LogP contribution >= 0.6 is 0 Å². The number of likely N-dealkylation sites (N-methyl/N-ethyl adjacent to an activating group) is 1. The van der Waals surface area contributed by atoms with Crippen LogP contribution < -0.4 is 9.47 Å². The van der Waals surface area contributed by atoms with Crippen molar-refractivity contribution in [1.82, 2.24) is 19.6 Å². The van der Waals surface area contributed by atoms with E-state index in [9.17, 15) is 9.59 Å². The molecule has 2 heterocycles. The molecule has 1 aliphatic carbocycles. The van der Waals surface area contributed by atoms with Crippen LogP contribution in [0.3, 0.4) is 0 Å². The summed E-state index contributed by atoms with van der Waals surface area (Å²) in [6, 6.07) is 7.11. The Morgan fingerprint density at radius 3 is 2.79 bits per heavy atom. The number of hydrogen-bond donors (Lipinski definition) is 0. The Bertz CT molecular complexity index is 1290. The second-order valence-corrected chi connectivity index (χ2v) is 7.94. The lowest BCUT2D eigenvalue weighted by molar-refractivity contribution is -0.132. The van der Waals surface area contributed by atoms with Gasteiger partial charge in [0.05, 0.1) is 30.7 Å². The Kier molecular flexibility index (Phi) is 6.52. The SMILES string of the molecule is COc1ccc(/C=C/C(=O)N(C)C2=C3C(=C=CN3Cc3ccn(C)n3)CC=C2)cc1OC(C)=O. The first-order valence-electron chi connectivity index (χ1n) is 10.8. The zero-order valence-corrected chi connectivity index (χ0v) is 19.6. The Labute approximate surface area is 198 Å². The van der Waals surface area contributed by atoms with Crippen LogP contribution in [0.15, 0.2) is 77.6 Å². The summed E-state index contributed by atoms with van der Waals surface area (Å²) in [6.45, 7) is 1.91. The number of esters is 1. The number of benzene rings is 1. The molecule has 8 heteroatoms. The lowest BCUT2D eigenvalue weighted by atomic mass is 10.0. The van der Waals surface area contributed by atoms with Gasteiger partial charge in [-0.05, 0) is 35.9 Å². The average Bonchev–Trinajstić information content (AvgIpc) is 3.42. The van der Waals surface area contributed by atoms with E-state index < -0.39 is 5.97 Å². The van der Waals surface area contributed by atoms with Crippen LogP contribution in [0.25, 0.3) is 6.08 Å². The molecule has 0 N–H and O–H groups in total. The number of aromatic nitrogens is 2. The van der Waals surface area contributed by atoms with Gasteiger partial charge < -0.3 is 19.3 Å². The minimum absolute atomic E-state index is 0.192. The summed E-state index contributed by atoms with van der Waals surface area (Å²) in [5, 5.41) is 4.46. The fourth-order valence-electron chi connectivity index (χ4n) is 3.83. The smallest absolute Gasteiger partial charge is 0.308 e. The van der Waals surface area contributed by atoms with Crippen LogP contribution in [0, 0.1) is 0 Å². The predicted octanol–water partition coefficient (Wildman–Crippen LogP) is 3.55. The molecular weight excluding hydrogens is 432 g/mol. The number of rotatable bonds is 7. The molecule has 1 aliphatic heterocycles. The molecule has 0 spiro atoms. The third-order valence-electron chi connectivity index (χ3n) is 5.46. The molecule has 1 amide bonds. The van der Waals surface area contributed by atoms with Gasteiger partial charge in [-0.15, -0.1) is 0 Å². The van der Waals surface area contributed by atoms with Gasteiger partial charge in [-0.25, -0.2) is 0 Å². The van der Waals surface area contributed by atoms with Crippen molar-refractivity contribution in [3.05, 3.63) is 88.8 Å². The molecule has 0 saturated carbocycles. The van der Waals surface area contributed by atoms with E-state index in [4.69, 9.17) is 9.47 Å². The highest BCUT2D eigenvalue weighted by atomic mass is 16.6. The normalized spacial score (nSPS) is 14.5. The Morgan fingerprint density at radius 2 is 2.09 bits per heavy atom. The largest absolute Gasteiger partial charge is 0.493 e. The topological polar surface area (TPSA) is 76.9 Å². The van der Waals surface area contributed by atoms with Crippen molar-refractivity contribution in [3.8, 4) is 11.5 Å². The summed E-state index contributed by atoms with van der Waals surface area (Å²) >= 11 is 0. The minimum Gasteiger partial charge on any atom is -0.493 e. The molecule has 2 aromatic rings. The van der Waals surface area contributed by atoms with E-state index in [2.05, 4.69) is 15.7 Å². The Balaban J connectivity index is 1.55. The molecule has 2 aliphatic rings. The van der Waals surface area contributed by atoms with E-state index in [0.29, 0.717) is 23.6 Å². The molecule has 0 radical (unpaired) electrons. The lowest BCUT2D eigenvalue weighted by Crippen LogP contribution is -2.29. The summed E-state index contributed by atoms with van der Waals surface area (Å²) in [5.41, 5.74) is 7.74. The number of methoxy groups -OCH3 is 1. The molecule has 1 aromatic heterocycles. The molecule has 1 aromatic carbocycles. The Hall–Kier alpha value is -4.29. The molecule has 174 valence electrons. The van der Waals surface area contributed by atoms with Gasteiger partial charge in [-0.1, -0.05) is 17.9 Å². The van der Waals surface area contributed by atoms with Crippen LogP contribution in [0.1, 0.15) is 24.6 Å². The van der Waals surface area contributed by atoms with Crippen molar-refractivity contribution < 1.29 is 19.1 Å². The maximum Gasteiger partial charge on any atom is 0.308 e. The number of hydrogen-bond acceptors (Lipinski definition) is 6. The van der Waals surface area contributed by atoms with E-state index in [0.717, 1.165) is 29.1 Å². The number of allylic oxidation sites excluding steroid dienone is 3. The summed E-state index contributed by atoms with van der Waals surface area (Å²) in [4.78, 5) is 28.1. The summed E-state index contributed by atoms with van der Waals surface area (Å²) in [6.07, 6.45) is 11.7. The van der Waals surface area contributed by atoms with Crippen LogP contribution in [0.2, 0.25) is 0 Å². The highest BCUT2D eigenvalue weighted by Gasteiger charge is 2.26. The van der Waals surface area contributed by atoms with Crippen molar-refractivity contribution in [2.45, 2.75) is 19.9 Å². The highest BCUT2D eigenvalue weighted by Crippen LogP contribution is 2.33. The monoisotopic (exact) mass is 458 g/mol. The second-order valence-electron chi connectivity index (χ2n) is 7.94. The molecule has 8 nitrogen and oxygen atoms in total. The summed E-state index contributed by atoms with van der Waals surface area (Å²) < 4.78 is 12.2. The van der Waals surface area contributed by atoms with Gasteiger partial charge >= 0.3 is 5.97 Å². The molecule has 0 fully saturated rings. The molecular formula is C26H26N4O4. The Morgan fingerprint density at radius 1 is 1.26 bits per heavy atom. The van der Waals surface area contributed by atoms with Gasteiger partial charge in [0.2, 0.25) is 0 Å². The first-order valence-corrected chi connectivity index (χ1v) is 10.8. The van der Waals surface area contributed by atoms with E-state index >= 15 is 0 Å². The maximum absolute atomic E-state index is 13.0. The molecule has 0 atom stereocenters. The quantitative estimate of drug-likeness (QED) is 0.273. The van der Waals surface area contributed by atoms with Gasteiger partial charge in [0.15, 0.2) is 11.5 Å². The molecule has 0 unspecified atom stereocenters. The third kappa shape index (κ3) is 4.87. The van der Waals surface area contributed by atoms with Gasteiger partial charge in [0.25, 0.3) is 5.91 Å². The number of carbonyl (C=O) groups excluding carboxylic acids is 2. The van der Waals surface area contributed by atoms with E-state index in [1.807, 2.05) is 37.7 Å². The minimum atomic E-state index is -0.447. The number of carbonyl (C=O) groups is 2. The van der Waals surface area contributed by atoms with Gasteiger partial charge in [0, 0.05) is 51.5 Å². The maximum atomic E-state index is 13.0. The van der Waals surface area contributed by atoms with Gasteiger partial charge in [-0.3, -0.25) is 14.3 Å². The predicted molar refractivity (Wildman–Crippen MR) is 127 cm³/mol. The van der Waals surface area contributed by atoms with Crippen LogP contribution in [0.5, 0.6) is 11.5 Å². The van der Waals surface area contributed by atoms with Crippen LogP contribution in [-0.4, -0.2) is 45.6 Å². The number of amides is 1. The van der Waals surface area contributed by atoms with E-state index in [1.165, 1.54) is 20.1 Å². The summed E-state index contributed by atoms with van der Waals surface area (Å²) in [5.74, 6) is 0.103. The highest BCUT2D eigenvalue weighted by molar-refractivity contribution is 5.93. The molecule has 4 rings (SSSR count). The molecule has 0 saturated heterocycles. The first kappa shape index (κ1) is 22.9. The first-order chi connectivity index (χ1) is 16.4. The van der Waals surface area contributed by atoms with Crippen LogP contribution in [0.4, 0.5) is 0 Å². The standard InChI is InChI=1S/C26H26N4O4/c1-18(31)34-24-16-19(8-10-23(24)33-4)9-11-25(32)29(3)22-7-5-6-20-12-15-30(26(20)22)17-21-13-14-28(2)27-21/h5,7-11,13-16H,6,17H2,1-4H3/b11-9+. The van der Waals surface area contributed by atoms with Crippen molar-refractivity contribution >= 4 is 18.0 Å². The third-order valence-corrected chi connectivity index (χ3v) is 5.46. The van der Waals surface area contributed by atoms with Gasteiger partial charge in [-0.2, -0.15) is 5.10 Å². The van der Waals surface area contributed by atoms with E-state index in [1.54, 1.807) is 40.9 Å². The van der Waals surface area contributed by atoms with Crippen molar-refractivity contribution in [2.75, 3.05) is 14.2 Å². The van der Waals surface area contributed by atoms with Crippen molar-refractivity contribution in [2.24, 2.45) is 7.05 Å². The van der Waals surface area contributed by atoms with E-state index in [-0.39, 0.29) is 5.91 Å². The number of fused-ring (bicyclic) bond motifs is 1. The van der Waals surface area contributed by atoms with Gasteiger partial charge in [0.1, 0.15) is 0 Å². The number of ether oxygens (including phenoxy) is 2. The molecule has 34 heavy (non-hydrogen) atoms. The fourth-order valence-corrected chi connectivity index (χ4v) is 3.83. The average molecular weight is 459 g/mol. The number of nitrogens with zero attached hydrogens (tertiary/aromatic N) is 4. The molecule has 0 bridgehead atoms. The fraction of sp³-hybridized carbons (Fsp3) is 0.231. The zero-order valence-electron chi connectivity index (χ0n) is 19.6. The second kappa shape index (κ2) is 9.68. The van der Waals surface area contributed by atoms with Crippen molar-refractivity contribution in [3.63, 3.8) is 0 Å².